The summed E-state index contributed by atoms with van der Waals surface area (Å²) in [7, 11) is 0. The normalized spacial score (nSPS) is 11.6. The Hall–Kier alpha value is -0.830. The van der Waals surface area contributed by atoms with Gasteiger partial charge in [-0.15, -0.1) is 12.4 Å². The maximum absolute atomic E-state index is 8.72. The third-order valence-corrected chi connectivity index (χ3v) is 2.01. The monoisotopic (exact) mass is 213 g/mol. The van der Waals surface area contributed by atoms with Gasteiger partial charge in [0.15, 0.2) is 0 Å². The largest absolute Gasteiger partial charge is 0.396 e. The summed E-state index contributed by atoms with van der Waals surface area (Å²) in [6, 6.07) is 7.80. The van der Waals surface area contributed by atoms with E-state index in [0.29, 0.717) is 6.42 Å². The number of benzene rings is 1. The van der Waals surface area contributed by atoms with Crippen LogP contribution < -0.4 is 5.73 Å². The second kappa shape index (κ2) is 6.60. The van der Waals surface area contributed by atoms with Crippen molar-refractivity contribution >= 4 is 18.5 Å². The molecule has 0 amide bonds. The summed E-state index contributed by atoms with van der Waals surface area (Å²) in [5.41, 5.74) is 7.94. The Balaban J connectivity index is 0.00000169. The summed E-state index contributed by atoms with van der Waals surface area (Å²) in [5, 5.41) is 8.72. The molecular weight excluding hydrogens is 198 g/mol. The Bertz CT molecular complexity index is 288. The molecule has 1 rings (SSSR count). The fourth-order valence-corrected chi connectivity index (χ4v) is 1.22. The summed E-state index contributed by atoms with van der Waals surface area (Å²) >= 11 is 0. The molecule has 0 radical (unpaired) electrons. The average Bonchev–Trinajstić information content (AvgIpc) is 2.18. The van der Waals surface area contributed by atoms with E-state index < -0.39 is 0 Å². The van der Waals surface area contributed by atoms with Gasteiger partial charge in [0.05, 0.1) is 0 Å². The fourth-order valence-electron chi connectivity index (χ4n) is 1.22. The molecule has 0 aliphatic carbocycles. The van der Waals surface area contributed by atoms with Gasteiger partial charge < -0.3 is 10.8 Å². The molecule has 0 heterocycles. The van der Waals surface area contributed by atoms with Crippen LogP contribution >= 0.6 is 12.4 Å². The number of rotatable bonds is 4. The van der Waals surface area contributed by atoms with Gasteiger partial charge in [-0.05, 0) is 17.5 Å². The molecule has 0 fully saturated rings. The van der Waals surface area contributed by atoms with Gasteiger partial charge in [-0.1, -0.05) is 36.9 Å². The number of halogens is 1. The van der Waals surface area contributed by atoms with Crippen molar-refractivity contribution in [3.05, 3.63) is 42.0 Å². The second-order valence-corrected chi connectivity index (χ2v) is 2.99. The van der Waals surface area contributed by atoms with Crippen LogP contribution in [-0.4, -0.2) is 11.7 Å². The number of aliphatic hydroxyl groups excluding tert-OH is 1. The maximum Gasteiger partial charge on any atom is 0.0449 e. The summed E-state index contributed by atoms with van der Waals surface area (Å²) < 4.78 is 0. The van der Waals surface area contributed by atoms with Gasteiger partial charge in [-0.3, -0.25) is 0 Å². The predicted octanol–water partition coefficient (Wildman–Crippen LogP) is 2.13. The highest BCUT2D eigenvalue weighted by Crippen LogP contribution is 2.15. The van der Waals surface area contributed by atoms with Gasteiger partial charge in [0, 0.05) is 12.6 Å². The van der Waals surface area contributed by atoms with E-state index in [2.05, 4.69) is 6.58 Å². The Morgan fingerprint density at radius 3 is 2.79 bits per heavy atom. The Morgan fingerprint density at radius 1 is 1.50 bits per heavy atom. The molecule has 0 bridgehead atoms. The minimum absolute atomic E-state index is 0. The minimum Gasteiger partial charge on any atom is -0.396 e. The number of hydrogen-bond acceptors (Lipinski definition) is 2. The van der Waals surface area contributed by atoms with Crippen molar-refractivity contribution in [1.29, 1.82) is 0 Å². The van der Waals surface area contributed by atoms with E-state index in [0.717, 1.165) is 11.1 Å². The average molecular weight is 214 g/mol. The number of aliphatic hydroxyl groups is 1. The van der Waals surface area contributed by atoms with E-state index in [4.69, 9.17) is 10.8 Å². The number of nitrogens with two attached hydrogens (primary N) is 1. The predicted molar refractivity (Wildman–Crippen MR) is 62.4 cm³/mol. The standard InChI is InChI=1S/C11H15NO.ClH/c1-2-9-4-3-5-10(8-9)11(12)6-7-13;/h2-5,8,11,13H,1,6-7,12H2;1H. The van der Waals surface area contributed by atoms with Crippen LogP contribution in [0.5, 0.6) is 0 Å². The summed E-state index contributed by atoms with van der Waals surface area (Å²) in [6.07, 6.45) is 2.38. The molecule has 1 atom stereocenters. The Kier molecular flexibility index (Phi) is 6.21. The van der Waals surface area contributed by atoms with E-state index in [1.54, 1.807) is 6.08 Å². The summed E-state index contributed by atoms with van der Waals surface area (Å²) in [5.74, 6) is 0. The molecule has 0 saturated heterocycles. The van der Waals surface area contributed by atoms with Gasteiger partial charge in [0.2, 0.25) is 0 Å². The lowest BCUT2D eigenvalue weighted by molar-refractivity contribution is 0.276. The molecule has 14 heavy (non-hydrogen) atoms. The molecule has 2 nitrogen and oxygen atoms in total. The van der Waals surface area contributed by atoms with Gasteiger partial charge in [0.25, 0.3) is 0 Å². The van der Waals surface area contributed by atoms with E-state index in [9.17, 15) is 0 Å². The van der Waals surface area contributed by atoms with Crippen molar-refractivity contribution in [2.75, 3.05) is 6.61 Å². The van der Waals surface area contributed by atoms with E-state index >= 15 is 0 Å². The zero-order chi connectivity index (χ0) is 9.68. The van der Waals surface area contributed by atoms with Crippen LogP contribution in [-0.2, 0) is 0 Å². The van der Waals surface area contributed by atoms with Gasteiger partial charge in [-0.2, -0.15) is 0 Å². The first-order valence-corrected chi connectivity index (χ1v) is 4.36. The molecule has 3 heteroatoms. The molecule has 1 unspecified atom stereocenters. The van der Waals surface area contributed by atoms with Gasteiger partial charge in [-0.25, -0.2) is 0 Å². The highest BCUT2D eigenvalue weighted by molar-refractivity contribution is 5.85. The molecule has 3 N–H and O–H groups in total. The third kappa shape index (κ3) is 3.50. The molecule has 1 aromatic carbocycles. The minimum atomic E-state index is -0.0788. The van der Waals surface area contributed by atoms with Gasteiger partial charge in [0.1, 0.15) is 0 Å². The lowest BCUT2D eigenvalue weighted by Crippen LogP contribution is -2.11. The Morgan fingerprint density at radius 2 is 2.21 bits per heavy atom. The molecule has 0 aliphatic rings. The first kappa shape index (κ1) is 13.2. The quantitative estimate of drug-likeness (QED) is 0.805. The zero-order valence-corrected chi connectivity index (χ0v) is 8.83. The number of hydrogen-bond donors (Lipinski definition) is 2. The maximum atomic E-state index is 8.72. The molecule has 0 saturated carbocycles. The van der Waals surface area contributed by atoms with Crippen molar-refractivity contribution < 1.29 is 5.11 Å². The fraction of sp³-hybridized carbons (Fsp3) is 0.273. The molecule has 0 spiro atoms. The molecule has 0 aliphatic heterocycles. The van der Waals surface area contributed by atoms with Crippen LogP contribution in [0.4, 0.5) is 0 Å². The highest BCUT2D eigenvalue weighted by atomic mass is 35.5. The molecule has 0 aromatic heterocycles. The first-order chi connectivity index (χ1) is 6.27. The highest BCUT2D eigenvalue weighted by Gasteiger charge is 2.04. The summed E-state index contributed by atoms with van der Waals surface area (Å²) in [4.78, 5) is 0. The zero-order valence-electron chi connectivity index (χ0n) is 8.02. The summed E-state index contributed by atoms with van der Waals surface area (Å²) in [6.45, 7) is 3.81. The lowest BCUT2D eigenvalue weighted by Gasteiger charge is -2.10. The van der Waals surface area contributed by atoms with Crippen LogP contribution in [0.2, 0.25) is 0 Å². The van der Waals surface area contributed by atoms with Crippen molar-refractivity contribution in [2.45, 2.75) is 12.5 Å². The lowest BCUT2D eigenvalue weighted by atomic mass is 10.0. The van der Waals surface area contributed by atoms with Crippen LogP contribution in [0.3, 0.4) is 0 Å². The van der Waals surface area contributed by atoms with Crippen molar-refractivity contribution in [2.24, 2.45) is 5.73 Å². The topological polar surface area (TPSA) is 46.2 Å². The van der Waals surface area contributed by atoms with Crippen molar-refractivity contribution in [1.82, 2.24) is 0 Å². The smallest absolute Gasteiger partial charge is 0.0449 e. The van der Waals surface area contributed by atoms with E-state index in [1.165, 1.54) is 0 Å². The molecule has 1 aromatic rings. The van der Waals surface area contributed by atoms with E-state index in [1.807, 2.05) is 24.3 Å². The van der Waals surface area contributed by atoms with Crippen LogP contribution in [0, 0.1) is 0 Å². The Labute approximate surface area is 90.9 Å². The van der Waals surface area contributed by atoms with Crippen LogP contribution in [0.1, 0.15) is 23.6 Å². The third-order valence-electron chi connectivity index (χ3n) is 2.01. The first-order valence-electron chi connectivity index (χ1n) is 4.36. The van der Waals surface area contributed by atoms with Crippen molar-refractivity contribution in [3.8, 4) is 0 Å². The van der Waals surface area contributed by atoms with Gasteiger partial charge >= 0.3 is 0 Å². The van der Waals surface area contributed by atoms with E-state index in [-0.39, 0.29) is 25.1 Å². The molecule has 78 valence electrons. The van der Waals surface area contributed by atoms with Crippen LogP contribution in [0.15, 0.2) is 30.8 Å². The SMILES string of the molecule is C=Cc1cccc(C(N)CCO)c1.Cl. The van der Waals surface area contributed by atoms with Crippen molar-refractivity contribution in [3.63, 3.8) is 0 Å². The second-order valence-electron chi connectivity index (χ2n) is 2.99. The van der Waals surface area contributed by atoms with Crippen LogP contribution in [0.25, 0.3) is 6.08 Å². The molecular formula is C11H16ClNO.